The Balaban J connectivity index is 2.01. The molecule has 0 saturated carbocycles. The van der Waals surface area contributed by atoms with Crippen LogP contribution >= 0.6 is 0 Å². The molecule has 2 heteroatoms. The van der Waals surface area contributed by atoms with Gasteiger partial charge < -0.3 is 4.90 Å². The molecular weight excluding hydrogens is 220 g/mol. The Kier molecular flexibility index (Phi) is 6.65. The van der Waals surface area contributed by atoms with E-state index in [1.807, 2.05) is 0 Å². The van der Waals surface area contributed by atoms with Crippen LogP contribution < -0.4 is 0 Å². The summed E-state index contributed by atoms with van der Waals surface area (Å²) in [7, 11) is 0. The van der Waals surface area contributed by atoms with Crippen molar-refractivity contribution in [2.45, 2.75) is 66.3 Å². The summed E-state index contributed by atoms with van der Waals surface area (Å²) in [4.78, 5) is 5.24. The monoisotopic (exact) mass is 254 g/mol. The van der Waals surface area contributed by atoms with Crippen molar-refractivity contribution < 1.29 is 0 Å². The second-order valence-electron chi connectivity index (χ2n) is 7.34. The van der Waals surface area contributed by atoms with Gasteiger partial charge in [-0.2, -0.15) is 0 Å². The third kappa shape index (κ3) is 6.75. The number of hydrogen-bond donors (Lipinski definition) is 0. The summed E-state index contributed by atoms with van der Waals surface area (Å²) in [6.07, 6.45) is 5.56. The molecule has 0 atom stereocenters. The molecule has 0 aromatic heterocycles. The molecule has 0 aromatic rings. The molecule has 1 heterocycles. The van der Waals surface area contributed by atoms with Crippen LogP contribution in [0.4, 0.5) is 0 Å². The van der Waals surface area contributed by atoms with Crippen molar-refractivity contribution >= 4 is 0 Å². The van der Waals surface area contributed by atoms with Gasteiger partial charge in [0, 0.05) is 32.2 Å². The van der Waals surface area contributed by atoms with Crippen molar-refractivity contribution in [3.63, 3.8) is 0 Å². The molecule has 0 aliphatic carbocycles. The molecule has 1 aliphatic rings. The van der Waals surface area contributed by atoms with Gasteiger partial charge in [0.1, 0.15) is 0 Å². The first-order valence-electron chi connectivity index (χ1n) is 7.85. The quantitative estimate of drug-likeness (QED) is 0.668. The van der Waals surface area contributed by atoms with E-state index in [1.165, 1.54) is 58.4 Å². The minimum atomic E-state index is 0.517. The predicted octanol–water partition coefficient (Wildman–Crippen LogP) is 3.62. The molecule has 1 aliphatic heterocycles. The number of hydrogen-bond acceptors (Lipinski definition) is 2. The standard InChI is InChI=1S/C16H34N2/c1-15(2)18-13-11-17(12-14-18)10-8-6-7-9-16(3,4)5/h15H,6-14H2,1-5H3. The molecule has 0 bridgehead atoms. The molecule has 0 spiro atoms. The SMILES string of the molecule is CC(C)N1CCN(CCCCCC(C)(C)C)CC1. The number of unbranched alkanes of at least 4 members (excludes halogenated alkanes) is 2. The second kappa shape index (κ2) is 7.49. The van der Waals surface area contributed by atoms with Crippen LogP contribution in [0.2, 0.25) is 0 Å². The Morgan fingerprint density at radius 3 is 2.00 bits per heavy atom. The molecule has 1 saturated heterocycles. The smallest absolute Gasteiger partial charge is 0.0113 e. The Bertz CT molecular complexity index is 210. The maximum atomic E-state index is 2.65. The maximum Gasteiger partial charge on any atom is 0.0113 e. The molecule has 18 heavy (non-hydrogen) atoms. The van der Waals surface area contributed by atoms with E-state index in [0.717, 1.165) is 6.04 Å². The van der Waals surface area contributed by atoms with Crippen molar-refractivity contribution in [1.82, 2.24) is 9.80 Å². The highest BCUT2D eigenvalue weighted by Crippen LogP contribution is 2.22. The van der Waals surface area contributed by atoms with Gasteiger partial charge in [0.15, 0.2) is 0 Å². The molecule has 2 nitrogen and oxygen atoms in total. The molecule has 0 N–H and O–H groups in total. The van der Waals surface area contributed by atoms with Gasteiger partial charge in [-0.1, -0.05) is 33.6 Å². The number of nitrogens with zero attached hydrogens (tertiary/aromatic N) is 2. The van der Waals surface area contributed by atoms with Gasteiger partial charge in [-0.05, 0) is 38.6 Å². The second-order valence-corrected chi connectivity index (χ2v) is 7.34. The van der Waals surface area contributed by atoms with Crippen LogP contribution in [-0.2, 0) is 0 Å². The summed E-state index contributed by atoms with van der Waals surface area (Å²) < 4.78 is 0. The van der Waals surface area contributed by atoms with Crippen LogP contribution in [0, 0.1) is 5.41 Å². The fraction of sp³-hybridized carbons (Fsp3) is 1.00. The fourth-order valence-corrected chi connectivity index (χ4v) is 2.67. The molecule has 1 rings (SSSR count). The van der Waals surface area contributed by atoms with Gasteiger partial charge in [0.25, 0.3) is 0 Å². The van der Waals surface area contributed by atoms with Crippen LogP contribution in [0.5, 0.6) is 0 Å². The first kappa shape index (κ1) is 16.0. The Morgan fingerprint density at radius 1 is 0.889 bits per heavy atom. The molecule has 0 aromatic carbocycles. The minimum absolute atomic E-state index is 0.517. The van der Waals surface area contributed by atoms with Gasteiger partial charge in [-0.3, -0.25) is 4.90 Å². The van der Waals surface area contributed by atoms with E-state index >= 15 is 0 Å². The average Bonchev–Trinajstić information content (AvgIpc) is 2.27. The third-order valence-corrected chi connectivity index (χ3v) is 4.04. The summed E-state index contributed by atoms with van der Waals surface area (Å²) >= 11 is 0. The number of rotatable bonds is 6. The van der Waals surface area contributed by atoms with Crippen molar-refractivity contribution in [1.29, 1.82) is 0 Å². The molecule has 108 valence electrons. The molecular formula is C16H34N2. The predicted molar refractivity (Wildman–Crippen MR) is 81.1 cm³/mol. The van der Waals surface area contributed by atoms with E-state index in [2.05, 4.69) is 44.4 Å². The van der Waals surface area contributed by atoms with E-state index in [-0.39, 0.29) is 0 Å². The van der Waals surface area contributed by atoms with Gasteiger partial charge in [-0.25, -0.2) is 0 Å². The highest BCUT2D eigenvalue weighted by Gasteiger charge is 2.18. The third-order valence-electron chi connectivity index (χ3n) is 4.04. The Hall–Kier alpha value is -0.0800. The highest BCUT2D eigenvalue weighted by molar-refractivity contribution is 4.74. The maximum absolute atomic E-state index is 2.65. The lowest BCUT2D eigenvalue weighted by Crippen LogP contribution is -2.48. The van der Waals surface area contributed by atoms with Crippen LogP contribution in [0.15, 0.2) is 0 Å². The van der Waals surface area contributed by atoms with E-state index in [1.54, 1.807) is 0 Å². The molecule has 0 amide bonds. The Morgan fingerprint density at radius 2 is 1.50 bits per heavy atom. The summed E-state index contributed by atoms with van der Waals surface area (Å²) in [5.41, 5.74) is 0.517. The lowest BCUT2D eigenvalue weighted by molar-refractivity contribution is 0.107. The van der Waals surface area contributed by atoms with Gasteiger partial charge in [-0.15, -0.1) is 0 Å². The summed E-state index contributed by atoms with van der Waals surface area (Å²) in [5.74, 6) is 0. The number of piperazine rings is 1. The normalized spacial score (nSPS) is 19.7. The lowest BCUT2D eigenvalue weighted by atomic mass is 9.89. The van der Waals surface area contributed by atoms with Crippen LogP contribution in [0.3, 0.4) is 0 Å². The summed E-state index contributed by atoms with van der Waals surface area (Å²) in [5, 5.41) is 0. The zero-order valence-electron chi connectivity index (χ0n) is 13.3. The van der Waals surface area contributed by atoms with Crippen molar-refractivity contribution in [2.24, 2.45) is 5.41 Å². The van der Waals surface area contributed by atoms with E-state index in [0.29, 0.717) is 5.41 Å². The van der Waals surface area contributed by atoms with Crippen LogP contribution in [0.1, 0.15) is 60.3 Å². The first-order chi connectivity index (χ1) is 8.38. The molecule has 0 radical (unpaired) electrons. The van der Waals surface area contributed by atoms with E-state index < -0.39 is 0 Å². The largest absolute Gasteiger partial charge is 0.301 e. The van der Waals surface area contributed by atoms with Gasteiger partial charge in [0.05, 0.1) is 0 Å². The zero-order valence-corrected chi connectivity index (χ0v) is 13.3. The zero-order chi connectivity index (χ0) is 13.6. The summed E-state index contributed by atoms with van der Waals surface area (Å²) in [6.45, 7) is 18.0. The minimum Gasteiger partial charge on any atom is -0.301 e. The van der Waals surface area contributed by atoms with Crippen molar-refractivity contribution in [3.05, 3.63) is 0 Å². The van der Waals surface area contributed by atoms with Crippen molar-refractivity contribution in [2.75, 3.05) is 32.7 Å². The van der Waals surface area contributed by atoms with Crippen molar-refractivity contribution in [3.8, 4) is 0 Å². The van der Waals surface area contributed by atoms with Crippen LogP contribution in [-0.4, -0.2) is 48.6 Å². The van der Waals surface area contributed by atoms with Crippen LogP contribution in [0.25, 0.3) is 0 Å². The topological polar surface area (TPSA) is 6.48 Å². The fourth-order valence-electron chi connectivity index (χ4n) is 2.67. The van der Waals surface area contributed by atoms with Gasteiger partial charge in [0.2, 0.25) is 0 Å². The van der Waals surface area contributed by atoms with E-state index in [4.69, 9.17) is 0 Å². The first-order valence-corrected chi connectivity index (χ1v) is 7.85. The lowest BCUT2D eigenvalue weighted by Gasteiger charge is -2.37. The average molecular weight is 254 g/mol. The molecule has 1 fully saturated rings. The Labute approximate surface area is 115 Å². The van der Waals surface area contributed by atoms with Gasteiger partial charge >= 0.3 is 0 Å². The van der Waals surface area contributed by atoms with E-state index in [9.17, 15) is 0 Å². The summed E-state index contributed by atoms with van der Waals surface area (Å²) in [6, 6.07) is 0.721. The highest BCUT2D eigenvalue weighted by atomic mass is 15.3. The molecule has 0 unspecified atom stereocenters.